The molecule has 0 bridgehead atoms. The maximum atomic E-state index is 12.8. The van der Waals surface area contributed by atoms with E-state index in [4.69, 9.17) is 0 Å². The number of carbonyl (C=O) groups is 1. The van der Waals surface area contributed by atoms with E-state index in [1.54, 1.807) is 36.4 Å². The van der Waals surface area contributed by atoms with Gasteiger partial charge in [0.25, 0.3) is 0 Å². The van der Waals surface area contributed by atoms with Crippen LogP contribution in [-0.4, -0.2) is 18.0 Å². The molecule has 0 saturated heterocycles. The maximum Gasteiger partial charge on any atom is 0.573 e. The van der Waals surface area contributed by atoms with Crippen LogP contribution in [0.15, 0.2) is 48.5 Å². The standard InChI is InChI=1S/C16H12BrF3O2/c17-9-12(10-21)14-8-4-7-13(11-5-2-1-3-6-11)15(14)22-16(18,19)20/h1-8,10,12H,9H2. The number of halogens is 4. The second kappa shape index (κ2) is 6.96. The van der Waals surface area contributed by atoms with Crippen molar-refractivity contribution in [3.63, 3.8) is 0 Å². The summed E-state index contributed by atoms with van der Waals surface area (Å²) in [5.74, 6) is -1.06. The van der Waals surface area contributed by atoms with Crippen LogP contribution in [0.4, 0.5) is 13.2 Å². The van der Waals surface area contributed by atoms with E-state index in [9.17, 15) is 18.0 Å². The highest BCUT2D eigenvalue weighted by atomic mass is 79.9. The van der Waals surface area contributed by atoms with E-state index in [1.165, 1.54) is 12.1 Å². The lowest BCUT2D eigenvalue weighted by atomic mass is 9.95. The number of carbonyl (C=O) groups excluding carboxylic acids is 1. The summed E-state index contributed by atoms with van der Waals surface area (Å²) >= 11 is 3.14. The zero-order valence-corrected chi connectivity index (χ0v) is 12.9. The number of para-hydroxylation sites is 1. The van der Waals surface area contributed by atoms with Crippen LogP contribution in [-0.2, 0) is 4.79 Å². The van der Waals surface area contributed by atoms with Crippen molar-refractivity contribution in [2.45, 2.75) is 12.3 Å². The van der Waals surface area contributed by atoms with Gasteiger partial charge in [0.15, 0.2) is 0 Å². The fourth-order valence-electron chi connectivity index (χ4n) is 2.11. The van der Waals surface area contributed by atoms with Gasteiger partial charge in [-0.05, 0) is 5.56 Å². The lowest BCUT2D eigenvalue weighted by Crippen LogP contribution is -2.20. The van der Waals surface area contributed by atoms with Crippen LogP contribution in [0.25, 0.3) is 11.1 Å². The number of hydrogen-bond acceptors (Lipinski definition) is 2. The molecular formula is C16H12BrF3O2. The van der Waals surface area contributed by atoms with Gasteiger partial charge in [-0.3, -0.25) is 0 Å². The van der Waals surface area contributed by atoms with Crippen molar-refractivity contribution in [1.29, 1.82) is 0 Å². The molecule has 2 nitrogen and oxygen atoms in total. The van der Waals surface area contributed by atoms with Crippen LogP contribution in [0.3, 0.4) is 0 Å². The largest absolute Gasteiger partial charge is 0.573 e. The minimum atomic E-state index is -4.83. The molecule has 0 aliphatic carbocycles. The molecule has 0 N–H and O–H groups in total. The molecular weight excluding hydrogens is 361 g/mol. The smallest absolute Gasteiger partial charge is 0.405 e. The number of rotatable bonds is 5. The van der Waals surface area contributed by atoms with E-state index in [-0.39, 0.29) is 16.6 Å². The van der Waals surface area contributed by atoms with Gasteiger partial charge in [-0.15, -0.1) is 13.2 Å². The van der Waals surface area contributed by atoms with Gasteiger partial charge in [-0.1, -0.05) is 64.5 Å². The third-order valence-electron chi connectivity index (χ3n) is 3.08. The topological polar surface area (TPSA) is 26.3 Å². The summed E-state index contributed by atoms with van der Waals surface area (Å²) in [5, 5.41) is 0.211. The molecule has 2 aromatic carbocycles. The van der Waals surface area contributed by atoms with Crippen LogP contribution >= 0.6 is 15.9 Å². The van der Waals surface area contributed by atoms with Gasteiger partial charge < -0.3 is 9.53 Å². The van der Waals surface area contributed by atoms with Crippen LogP contribution in [0.5, 0.6) is 5.75 Å². The summed E-state index contributed by atoms with van der Waals surface area (Å²) in [6, 6.07) is 13.2. The third-order valence-corrected chi connectivity index (χ3v) is 3.78. The fraction of sp³-hybridized carbons (Fsp3) is 0.188. The van der Waals surface area contributed by atoms with Crippen molar-refractivity contribution in [2.75, 3.05) is 5.33 Å². The quantitative estimate of drug-likeness (QED) is 0.549. The van der Waals surface area contributed by atoms with Crippen molar-refractivity contribution in [3.05, 3.63) is 54.1 Å². The molecule has 22 heavy (non-hydrogen) atoms. The molecule has 0 amide bonds. The summed E-state index contributed by atoms with van der Waals surface area (Å²) in [6.45, 7) is 0. The van der Waals surface area contributed by atoms with Crippen molar-refractivity contribution in [1.82, 2.24) is 0 Å². The van der Waals surface area contributed by atoms with Crippen molar-refractivity contribution < 1.29 is 22.7 Å². The SMILES string of the molecule is O=CC(CBr)c1cccc(-c2ccccc2)c1OC(F)(F)F. The predicted molar refractivity (Wildman–Crippen MR) is 81.2 cm³/mol. The molecule has 2 rings (SSSR count). The van der Waals surface area contributed by atoms with Gasteiger partial charge in [0, 0.05) is 16.5 Å². The molecule has 0 aliphatic rings. The summed E-state index contributed by atoms with van der Waals surface area (Å²) in [7, 11) is 0. The van der Waals surface area contributed by atoms with E-state index in [2.05, 4.69) is 20.7 Å². The van der Waals surface area contributed by atoms with Gasteiger partial charge in [0.1, 0.15) is 12.0 Å². The average molecular weight is 373 g/mol. The van der Waals surface area contributed by atoms with Crippen LogP contribution in [0, 0.1) is 0 Å². The normalized spacial score (nSPS) is 12.7. The number of alkyl halides is 4. The summed E-state index contributed by atoms with van der Waals surface area (Å²) < 4.78 is 42.5. The average Bonchev–Trinajstić information content (AvgIpc) is 2.49. The molecule has 1 atom stereocenters. The number of benzene rings is 2. The van der Waals surface area contributed by atoms with Gasteiger partial charge in [0.05, 0.1) is 5.92 Å². The molecule has 0 aliphatic heterocycles. The summed E-state index contributed by atoms with van der Waals surface area (Å²) in [6.07, 6.45) is -4.23. The highest BCUT2D eigenvalue weighted by Gasteiger charge is 2.34. The molecule has 6 heteroatoms. The fourth-order valence-corrected chi connectivity index (χ4v) is 2.62. The Morgan fingerprint density at radius 1 is 1.09 bits per heavy atom. The highest BCUT2D eigenvalue weighted by Crippen LogP contribution is 2.39. The van der Waals surface area contributed by atoms with E-state index >= 15 is 0 Å². The molecule has 0 aromatic heterocycles. The Hall–Kier alpha value is -1.82. The lowest BCUT2D eigenvalue weighted by molar-refractivity contribution is -0.274. The van der Waals surface area contributed by atoms with E-state index in [0.29, 0.717) is 17.4 Å². The Bertz CT molecular complexity index is 642. The van der Waals surface area contributed by atoms with Gasteiger partial charge in [0.2, 0.25) is 0 Å². The monoisotopic (exact) mass is 372 g/mol. The molecule has 116 valence electrons. The van der Waals surface area contributed by atoms with Crippen molar-refractivity contribution in [2.24, 2.45) is 0 Å². The molecule has 1 unspecified atom stereocenters. The van der Waals surface area contributed by atoms with Crippen molar-refractivity contribution in [3.8, 4) is 16.9 Å². The summed E-state index contributed by atoms with van der Waals surface area (Å²) in [4.78, 5) is 11.1. The Labute approximate surface area is 134 Å². The van der Waals surface area contributed by atoms with Crippen LogP contribution in [0.1, 0.15) is 11.5 Å². The van der Waals surface area contributed by atoms with Crippen LogP contribution in [0.2, 0.25) is 0 Å². The van der Waals surface area contributed by atoms with Gasteiger partial charge >= 0.3 is 6.36 Å². The number of hydrogen-bond donors (Lipinski definition) is 0. The minimum absolute atomic E-state index is 0.200. The molecule has 2 aromatic rings. The minimum Gasteiger partial charge on any atom is -0.405 e. The molecule has 0 heterocycles. The molecule has 0 radical (unpaired) electrons. The third kappa shape index (κ3) is 3.88. The van der Waals surface area contributed by atoms with Crippen molar-refractivity contribution >= 4 is 22.2 Å². The Morgan fingerprint density at radius 3 is 2.32 bits per heavy atom. The maximum absolute atomic E-state index is 12.8. The zero-order valence-electron chi connectivity index (χ0n) is 11.3. The first-order valence-corrected chi connectivity index (χ1v) is 7.53. The first-order valence-electron chi connectivity index (χ1n) is 6.41. The van der Waals surface area contributed by atoms with E-state index in [0.717, 1.165) is 0 Å². The Balaban J connectivity index is 2.63. The molecule has 0 fully saturated rings. The van der Waals surface area contributed by atoms with Gasteiger partial charge in [-0.25, -0.2) is 0 Å². The first kappa shape index (κ1) is 16.5. The van der Waals surface area contributed by atoms with E-state index in [1.807, 2.05) is 0 Å². The second-order valence-electron chi connectivity index (χ2n) is 4.53. The Kier molecular flexibility index (Phi) is 5.24. The predicted octanol–water partition coefficient (Wildman–Crippen LogP) is 4.93. The van der Waals surface area contributed by atoms with E-state index < -0.39 is 12.3 Å². The Morgan fingerprint density at radius 2 is 1.77 bits per heavy atom. The second-order valence-corrected chi connectivity index (χ2v) is 5.18. The number of aldehydes is 1. The summed E-state index contributed by atoms with van der Waals surface area (Å²) in [5.41, 5.74) is 1.08. The molecule has 0 spiro atoms. The lowest BCUT2D eigenvalue weighted by Gasteiger charge is -2.19. The van der Waals surface area contributed by atoms with Crippen LogP contribution < -0.4 is 4.74 Å². The molecule has 0 saturated carbocycles. The highest BCUT2D eigenvalue weighted by molar-refractivity contribution is 9.09. The zero-order chi connectivity index (χ0) is 16.2. The number of ether oxygens (including phenoxy) is 1. The van der Waals surface area contributed by atoms with Gasteiger partial charge in [-0.2, -0.15) is 0 Å². The first-order chi connectivity index (χ1) is 10.5.